The summed E-state index contributed by atoms with van der Waals surface area (Å²) >= 11 is 0. The minimum atomic E-state index is -1.11. The number of carbonyl (C=O) groups is 1. The summed E-state index contributed by atoms with van der Waals surface area (Å²) in [7, 11) is -1.11. The summed E-state index contributed by atoms with van der Waals surface area (Å²) in [5.74, 6) is -0.319. The molecule has 0 saturated carbocycles. The molecule has 4 heteroatoms. The van der Waals surface area contributed by atoms with Crippen molar-refractivity contribution in [3.8, 4) is 0 Å². The van der Waals surface area contributed by atoms with Crippen LogP contribution in [0.4, 0.5) is 0 Å². The molecule has 1 rings (SSSR count). The topological polar surface area (TPSA) is 43.4 Å². The molecule has 1 atom stereocenters. The summed E-state index contributed by atoms with van der Waals surface area (Å²) in [5, 5.41) is 1.55. The number of allylic oxidation sites excluding steroid dienone is 2. The van der Waals surface area contributed by atoms with Crippen molar-refractivity contribution in [2.24, 2.45) is 0 Å². The van der Waals surface area contributed by atoms with Crippen LogP contribution in [0.1, 0.15) is 13.3 Å². The van der Waals surface area contributed by atoms with E-state index in [-0.39, 0.29) is 12.4 Å². The highest BCUT2D eigenvalue weighted by molar-refractivity contribution is 7.92. The zero-order chi connectivity index (χ0) is 8.97. The van der Waals surface area contributed by atoms with Crippen LogP contribution in [0.15, 0.2) is 22.5 Å². The lowest BCUT2D eigenvalue weighted by Gasteiger charge is -2.00. The van der Waals surface area contributed by atoms with E-state index in [0.29, 0.717) is 11.5 Å². The van der Waals surface area contributed by atoms with Crippen LogP contribution < -0.4 is 0 Å². The molecule has 12 heavy (non-hydrogen) atoms. The van der Waals surface area contributed by atoms with Gasteiger partial charge in [-0.3, -0.25) is 4.79 Å². The Hall–Kier alpha value is -0.900. The van der Waals surface area contributed by atoms with Gasteiger partial charge >= 0.3 is 5.97 Å². The standard InChI is InChI=1S/C8H10O3S/c1-2-11-8(9)6-7-4-3-5-12(7)10/h3-5H,2,6H2,1H3. The van der Waals surface area contributed by atoms with Crippen LogP contribution in [-0.4, -0.2) is 16.8 Å². The van der Waals surface area contributed by atoms with Crippen molar-refractivity contribution in [3.05, 3.63) is 22.5 Å². The van der Waals surface area contributed by atoms with Crippen LogP contribution in [0.25, 0.3) is 0 Å². The van der Waals surface area contributed by atoms with Gasteiger partial charge in [-0.2, -0.15) is 0 Å². The third-order valence-electron chi connectivity index (χ3n) is 1.37. The van der Waals surface area contributed by atoms with Crippen molar-refractivity contribution < 1.29 is 13.7 Å². The fraction of sp³-hybridized carbons (Fsp3) is 0.375. The van der Waals surface area contributed by atoms with Crippen LogP contribution in [-0.2, 0) is 20.3 Å². The van der Waals surface area contributed by atoms with Gasteiger partial charge in [-0.25, -0.2) is 4.21 Å². The van der Waals surface area contributed by atoms with Gasteiger partial charge in [-0.05, 0) is 13.0 Å². The second-order valence-electron chi connectivity index (χ2n) is 2.24. The Bertz CT molecular complexity index is 265. The Morgan fingerprint density at radius 1 is 1.67 bits per heavy atom. The highest BCUT2D eigenvalue weighted by Crippen LogP contribution is 2.15. The fourth-order valence-electron chi connectivity index (χ4n) is 0.857. The first-order chi connectivity index (χ1) is 5.74. The normalized spacial score (nSPS) is 20.8. The van der Waals surface area contributed by atoms with E-state index in [1.54, 1.807) is 24.5 Å². The molecule has 66 valence electrons. The molecule has 0 radical (unpaired) electrons. The monoisotopic (exact) mass is 186 g/mol. The molecule has 1 aliphatic rings. The molecule has 1 heterocycles. The van der Waals surface area contributed by atoms with E-state index in [1.165, 1.54) is 0 Å². The second kappa shape index (κ2) is 4.21. The third-order valence-corrected chi connectivity index (χ3v) is 2.57. The van der Waals surface area contributed by atoms with Crippen LogP contribution in [0, 0.1) is 0 Å². The van der Waals surface area contributed by atoms with Crippen molar-refractivity contribution in [1.29, 1.82) is 0 Å². The summed E-state index contributed by atoms with van der Waals surface area (Å²) in [5.41, 5.74) is 0. The average molecular weight is 186 g/mol. The Kier molecular flexibility index (Phi) is 3.22. The fourth-order valence-corrected chi connectivity index (χ4v) is 1.73. The van der Waals surface area contributed by atoms with Gasteiger partial charge in [0.05, 0.1) is 23.8 Å². The molecule has 0 saturated heterocycles. The average Bonchev–Trinajstić information content (AvgIpc) is 2.37. The van der Waals surface area contributed by atoms with E-state index < -0.39 is 10.8 Å². The van der Waals surface area contributed by atoms with E-state index >= 15 is 0 Å². The number of hydrogen-bond donors (Lipinski definition) is 0. The minimum Gasteiger partial charge on any atom is -0.466 e. The zero-order valence-electron chi connectivity index (χ0n) is 6.78. The highest BCUT2D eigenvalue weighted by atomic mass is 32.2. The number of ether oxygens (including phenoxy) is 1. The quantitative estimate of drug-likeness (QED) is 0.620. The summed E-state index contributed by atoms with van der Waals surface area (Å²) < 4.78 is 15.8. The Labute approximate surface area is 73.6 Å². The SMILES string of the molecule is CCOC(=O)CC1=CC=CS1=O. The first-order valence-electron chi connectivity index (χ1n) is 3.67. The molecule has 1 unspecified atom stereocenters. The van der Waals surface area contributed by atoms with Gasteiger partial charge in [-0.15, -0.1) is 0 Å². The molecule has 0 aliphatic carbocycles. The van der Waals surface area contributed by atoms with Crippen LogP contribution in [0.2, 0.25) is 0 Å². The Morgan fingerprint density at radius 2 is 2.42 bits per heavy atom. The van der Waals surface area contributed by atoms with E-state index in [9.17, 15) is 9.00 Å². The van der Waals surface area contributed by atoms with Gasteiger partial charge in [0.2, 0.25) is 0 Å². The van der Waals surface area contributed by atoms with E-state index in [0.717, 1.165) is 0 Å². The van der Waals surface area contributed by atoms with Gasteiger partial charge < -0.3 is 4.74 Å². The van der Waals surface area contributed by atoms with Gasteiger partial charge in [0, 0.05) is 10.3 Å². The second-order valence-corrected chi connectivity index (χ2v) is 3.63. The molecular weight excluding hydrogens is 176 g/mol. The van der Waals surface area contributed by atoms with Gasteiger partial charge in [-0.1, -0.05) is 6.08 Å². The summed E-state index contributed by atoms with van der Waals surface area (Å²) in [4.78, 5) is 11.5. The van der Waals surface area contributed by atoms with E-state index in [1.807, 2.05) is 0 Å². The highest BCUT2D eigenvalue weighted by Gasteiger charge is 2.13. The molecular formula is C8H10O3S. The Morgan fingerprint density at radius 3 is 2.92 bits per heavy atom. The predicted octanol–water partition coefficient (Wildman–Crippen LogP) is 1.10. The van der Waals surface area contributed by atoms with Crippen molar-refractivity contribution in [3.63, 3.8) is 0 Å². The van der Waals surface area contributed by atoms with Crippen molar-refractivity contribution in [1.82, 2.24) is 0 Å². The lowest BCUT2D eigenvalue weighted by molar-refractivity contribution is -0.142. The summed E-state index contributed by atoms with van der Waals surface area (Å²) in [6, 6.07) is 0. The largest absolute Gasteiger partial charge is 0.466 e. The first-order valence-corrected chi connectivity index (χ1v) is 4.89. The van der Waals surface area contributed by atoms with Crippen LogP contribution >= 0.6 is 0 Å². The number of rotatable bonds is 3. The van der Waals surface area contributed by atoms with Gasteiger partial charge in [0.15, 0.2) is 0 Å². The number of esters is 1. The van der Waals surface area contributed by atoms with Crippen molar-refractivity contribution in [2.75, 3.05) is 6.61 Å². The molecule has 0 aromatic carbocycles. The molecule has 1 aliphatic heterocycles. The molecule has 0 amide bonds. The van der Waals surface area contributed by atoms with Crippen LogP contribution in [0.5, 0.6) is 0 Å². The maximum absolute atomic E-state index is 11.1. The zero-order valence-corrected chi connectivity index (χ0v) is 7.60. The maximum atomic E-state index is 11.1. The molecule has 0 fully saturated rings. The molecule has 0 N–H and O–H groups in total. The molecule has 0 aromatic rings. The lowest BCUT2D eigenvalue weighted by atomic mass is 10.4. The smallest absolute Gasteiger partial charge is 0.310 e. The first kappa shape index (κ1) is 9.19. The molecule has 0 bridgehead atoms. The molecule has 0 aromatic heterocycles. The van der Waals surface area contributed by atoms with Crippen molar-refractivity contribution >= 4 is 16.8 Å². The number of hydrogen-bond acceptors (Lipinski definition) is 3. The third kappa shape index (κ3) is 2.30. The summed E-state index contributed by atoms with van der Waals surface area (Å²) in [6.07, 6.45) is 3.51. The van der Waals surface area contributed by atoms with Gasteiger partial charge in [0.1, 0.15) is 0 Å². The molecule has 3 nitrogen and oxygen atoms in total. The summed E-state index contributed by atoms with van der Waals surface area (Å²) in [6.45, 7) is 2.11. The number of carbonyl (C=O) groups excluding carboxylic acids is 1. The Balaban J connectivity index is 2.43. The lowest BCUT2D eigenvalue weighted by Crippen LogP contribution is -2.05. The van der Waals surface area contributed by atoms with E-state index in [4.69, 9.17) is 4.74 Å². The van der Waals surface area contributed by atoms with E-state index in [2.05, 4.69) is 0 Å². The minimum absolute atomic E-state index is 0.132. The van der Waals surface area contributed by atoms with Gasteiger partial charge in [0.25, 0.3) is 0 Å². The predicted molar refractivity (Wildman–Crippen MR) is 46.6 cm³/mol. The molecule has 0 spiro atoms. The van der Waals surface area contributed by atoms with Crippen molar-refractivity contribution in [2.45, 2.75) is 13.3 Å². The van der Waals surface area contributed by atoms with Crippen LogP contribution in [0.3, 0.4) is 0 Å². The maximum Gasteiger partial charge on any atom is 0.310 e.